The van der Waals surface area contributed by atoms with Gasteiger partial charge in [0.1, 0.15) is 0 Å². The Balaban J connectivity index is 1.58. The maximum absolute atomic E-state index is 13.3. The van der Waals surface area contributed by atoms with E-state index in [1.54, 1.807) is 6.20 Å². The molecule has 2 aliphatic heterocycles. The summed E-state index contributed by atoms with van der Waals surface area (Å²) >= 11 is 0. The Morgan fingerprint density at radius 3 is 2.88 bits per heavy atom. The average Bonchev–Trinajstić information content (AvgIpc) is 3.28. The molecule has 0 spiro atoms. The summed E-state index contributed by atoms with van der Waals surface area (Å²) in [6, 6.07) is 2.31. The molecule has 5 heterocycles. The largest absolute Gasteiger partial charge is 0.328 e. The number of carbonyl (C=O) groups is 1. The van der Waals surface area contributed by atoms with E-state index >= 15 is 0 Å². The molecule has 3 aromatic rings. The maximum Gasteiger partial charge on any atom is 0.258 e. The molecule has 1 saturated heterocycles. The van der Waals surface area contributed by atoms with Gasteiger partial charge in [-0.05, 0) is 33.6 Å². The fourth-order valence-electron chi connectivity index (χ4n) is 4.63. The van der Waals surface area contributed by atoms with Crippen molar-refractivity contribution in [2.24, 2.45) is 0 Å². The number of hydrogen-bond acceptors (Lipinski definition) is 4. The number of rotatable bonds is 2. The van der Waals surface area contributed by atoms with Crippen molar-refractivity contribution in [3.05, 3.63) is 46.7 Å². The molecule has 0 radical (unpaired) electrons. The third-order valence-electron chi connectivity index (χ3n) is 5.90. The summed E-state index contributed by atoms with van der Waals surface area (Å²) in [5.41, 5.74) is 5.87. The first-order chi connectivity index (χ1) is 12.6. The number of aryl methyl sites for hydroxylation is 2. The van der Waals surface area contributed by atoms with Gasteiger partial charge in [-0.1, -0.05) is 0 Å². The summed E-state index contributed by atoms with van der Waals surface area (Å²) in [5.74, 6) is 0.0945. The highest BCUT2D eigenvalue weighted by molar-refractivity contribution is 5.96. The lowest BCUT2D eigenvalue weighted by molar-refractivity contribution is 0.0641. The van der Waals surface area contributed by atoms with Gasteiger partial charge in [-0.3, -0.25) is 9.48 Å². The summed E-state index contributed by atoms with van der Waals surface area (Å²) in [4.78, 5) is 20.0. The Kier molecular flexibility index (Phi) is 3.23. The SMILES string of the molecule is CCn1ncc(C(=O)N2C3CCC2c2cnc4cc(C)nn4c2C3)c1C. The highest BCUT2D eigenvalue weighted by Gasteiger charge is 2.44. The molecular formula is C19H22N6O. The molecule has 1 amide bonds. The van der Waals surface area contributed by atoms with E-state index in [-0.39, 0.29) is 18.0 Å². The first-order valence-corrected chi connectivity index (χ1v) is 9.27. The third-order valence-corrected chi connectivity index (χ3v) is 5.90. The van der Waals surface area contributed by atoms with Gasteiger partial charge in [0.2, 0.25) is 0 Å². The summed E-state index contributed by atoms with van der Waals surface area (Å²) < 4.78 is 3.85. The van der Waals surface area contributed by atoms with Gasteiger partial charge in [0, 0.05) is 42.5 Å². The lowest BCUT2D eigenvalue weighted by Gasteiger charge is -2.36. The van der Waals surface area contributed by atoms with Crippen LogP contribution < -0.4 is 0 Å². The van der Waals surface area contributed by atoms with Crippen LogP contribution in [0.1, 0.15) is 58.8 Å². The number of nitrogens with zero attached hydrogens (tertiary/aromatic N) is 6. The molecule has 7 nitrogen and oxygen atoms in total. The van der Waals surface area contributed by atoms with E-state index in [1.807, 2.05) is 42.2 Å². The predicted molar refractivity (Wildman–Crippen MR) is 96.0 cm³/mol. The highest BCUT2D eigenvalue weighted by Crippen LogP contribution is 2.44. The van der Waals surface area contributed by atoms with Crippen LogP contribution in [0.15, 0.2) is 18.5 Å². The molecule has 0 aliphatic carbocycles. The van der Waals surface area contributed by atoms with Gasteiger partial charge < -0.3 is 4.90 Å². The fourth-order valence-corrected chi connectivity index (χ4v) is 4.63. The lowest BCUT2D eigenvalue weighted by atomic mass is 9.98. The molecular weight excluding hydrogens is 328 g/mol. The second-order valence-corrected chi connectivity index (χ2v) is 7.34. The second-order valence-electron chi connectivity index (χ2n) is 7.34. The van der Waals surface area contributed by atoms with Crippen LogP contribution in [0.2, 0.25) is 0 Å². The summed E-state index contributed by atoms with van der Waals surface area (Å²) in [5, 5.41) is 8.97. The van der Waals surface area contributed by atoms with Gasteiger partial charge >= 0.3 is 0 Å². The number of hydrogen-bond donors (Lipinski definition) is 0. The Labute approximate surface area is 151 Å². The zero-order chi connectivity index (χ0) is 18.0. The fraction of sp³-hybridized carbons (Fsp3) is 0.474. The molecule has 1 fully saturated rings. The van der Waals surface area contributed by atoms with Gasteiger partial charge in [0.05, 0.1) is 29.2 Å². The molecule has 26 heavy (non-hydrogen) atoms. The minimum absolute atomic E-state index is 0.0852. The molecule has 2 bridgehead atoms. The number of fused-ring (bicyclic) bond motifs is 6. The van der Waals surface area contributed by atoms with Gasteiger partial charge in [0.15, 0.2) is 5.65 Å². The Bertz CT molecular complexity index is 1030. The molecule has 134 valence electrons. The van der Waals surface area contributed by atoms with E-state index in [4.69, 9.17) is 0 Å². The van der Waals surface area contributed by atoms with E-state index < -0.39 is 0 Å². The first-order valence-electron chi connectivity index (χ1n) is 9.27. The maximum atomic E-state index is 13.3. The predicted octanol–water partition coefficient (Wildman–Crippen LogP) is 2.46. The summed E-state index contributed by atoms with van der Waals surface area (Å²) in [7, 11) is 0. The van der Waals surface area contributed by atoms with Crippen molar-refractivity contribution in [1.29, 1.82) is 0 Å². The molecule has 2 unspecified atom stereocenters. The lowest BCUT2D eigenvalue weighted by Crippen LogP contribution is -2.42. The standard InChI is InChI=1S/C19H22N6O/c1-4-23-12(3)14(10-21-23)19(26)24-13-5-6-16(24)15-9-20-18-7-11(2)22-25(18)17(15)8-13/h7,9-10,13,16H,4-6,8H2,1-3H3. The van der Waals surface area contributed by atoms with E-state index in [0.717, 1.165) is 54.0 Å². The van der Waals surface area contributed by atoms with Crippen LogP contribution in [-0.2, 0) is 13.0 Å². The van der Waals surface area contributed by atoms with Crippen molar-refractivity contribution in [2.45, 2.75) is 58.7 Å². The van der Waals surface area contributed by atoms with Gasteiger partial charge in [0.25, 0.3) is 5.91 Å². The molecule has 2 atom stereocenters. The number of aromatic nitrogens is 5. The second kappa shape index (κ2) is 5.40. The monoisotopic (exact) mass is 350 g/mol. The molecule has 0 N–H and O–H groups in total. The average molecular weight is 350 g/mol. The Morgan fingerprint density at radius 1 is 1.27 bits per heavy atom. The molecule has 3 aromatic heterocycles. The molecule has 7 heteroatoms. The Hall–Kier alpha value is -2.70. The van der Waals surface area contributed by atoms with E-state index in [9.17, 15) is 4.79 Å². The van der Waals surface area contributed by atoms with Crippen LogP contribution in [-0.4, -0.2) is 41.2 Å². The van der Waals surface area contributed by atoms with E-state index in [1.165, 1.54) is 5.69 Å². The van der Waals surface area contributed by atoms with Crippen molar-refractivity contribution in [3.63, 3.8) is 0 Å². The highest BCUT2D eigenvalue weighted by atomic mass is 16.2. The minimum Gasteiger partial charge on any atom is -0.328 e. The van der Waals surface area contributed by atoms with Crippen molar-refractivity contribution < 1.29 is 4.79 Å². The van der Waals surface area contributed by atoms with Gasteiger partial charge in [-0.25, -0.2) is 9.50 Å². The first kappa shape index (κ1) is 15.5. The normalized spacial score (nSPS) is 21.4. The Morgan fingerprint density at radius 2 is 2.12 bits per heavy atom. The zero-order valence-electron chi connectivity index (χ0n) is 15.3. The molecule has 0 saturated carbocycles. The van der Waals surface area contributed by atoms with Crippen molar-refractivity contribution in [2.75, 3.05) is 0 Å². The third kappa shape index (κ3) is 2.00. The number of carbonyl (C=O) groups excluding carboxylic acids is 1. The molecule has 0 aromatic carbocycles. The zero-order valence-corrected chi connectivity index (χ0v) is 15.3. The van der Waals surface area contributed by atoms with Crippen LogP contribution in [0.3, 0.4) is 0 Å². The molecule has 5 rings (SSSR count). The van der Waals surface area contributed by atoms with Crippen molar-refractivity contribution in [3.8, 4) is 0 Å². The van der Waals surface area contributed by atoms with Crippen LogP contribution in [0, 0.1) is 13.8 Å². The summed E-state index contributed by atoms with van der Waals surface area (Å²) in [6.07, 6.45) is 6.50. The van der Waals surface area contributed by atoms with E-state index in [2.05, 4.69) is 20.1 Å². The van der Waals surface area contributed by atoms with Crippen LogP contribution in [0.25, 0.3) is 5.65 Å². The topological polar surface area (TPSA) is 68.3 Å². The van der Waals surface area contributed by atoms with E-state index in [0.29, 0.717) is 0 Å². The quantitative estimate of drug-likeness (QED) is 0.712. The molecule has 2 aliphatic rings. The van der Waals surface area contributed by atoms with Crippen LogP contribution >= 0.6 is 0 Å². The van der Waals surface area contributed by atoms with Crippen molar-refractivity contribution >= 4 is 11.6 Å². The van der Waals surface area contributed by atoms with Crippen LogP contribution in [0.5, 0.6) is 0 Å². The van der Waals surface area contributed by atoms with Crippen LogP contribution in [0.4, 0.5) is 0 Å². The minimum atomic E-state index is 0.0852. The smallest absolute Gasteiger partial charge is 0.258 e. The van der Waals surface area contributed by atoms with Gasteiger partial charge in [-0.15, -0.1) is 0 Å². The van der Waals surface area contributed by atoms with Crippen molar-refractivity contribution in [1.82, 2.24) is 29.3 Å². The summed E-state index contributed by atoms with van der Waals surface area (Å²) in [6.45, 7) is 6.77. The number of amides is 1. The van der Waals surface area contributed by atoms with Gasteiger partial charge in [-0.2, -0.15) is 10.2 Å².